The van der Waals surface area contributed by atoms with Crippen LogP contribution in [0.1, 0.15) is 12.7 Å². The van der Waals surface area contributed by atoms with Gasteiger partial charge >= 0.3 is 0 Å². The molecule has 0 bridgehead atoms. The van der Waals surface area contributed by atoms with Crippen LogP contribution in [-0.2, 0) is 6.54 Å². The van der Waals surface area contributed by atoms with Crippen molar-refractivity contribution in [2.75, 3.05) is 26.7 Å². The van der Waals surface area contributed by atoms with E-state index in [4.69, 9.17) is 9.72 Å². The summed E-state index contributed by atoms with van der Waals surface area (Å²) in [5.74, 6) is 1.95. The lowest BCUT2D eigenvalue weighted by Crippen LogP contribution is -2.49. The standard InChI is InChI=1S/C20H24N4O/c1-15-13-21-11-12-23(15)14-20-22-18-5-3-4-6-19(18)24(20)16-7-9-17(25-2)10-8-16/h3-10,15,21H,11-14H2,1-2H3/t15-/m1/s1. The molecule has 4 rings (SSSR count). The third-order valence-electron chi connectivity index (χ3n) is 4.94. The van der Waals surface area contributed by atoms with Gasteiger partial charge in [-0.1, -0.05) is 12.1 Å². The number of nitrogens with one attached hydrogen (secondary N) is 1. The lowest BCUT2D eigenvalue weighted by molar-refractivity contribution is 0.161. The summed E-state index contributed by atoms with van der Waals surface area (Å²) in [4.78, 5) is 7.43. The molecule has 0 aliphatic carbocycles. The fraction of sp³-hybridized carbons (Fsp3) is 0.350. The Labute approximate surface area is 148 Å². The van der Waals surface area contributed by atoms with E-state index in [1.54, 1.807) is 7.11 Å². The Morgan fingerprint density at radius 3 is 2.72 bits per heavy atom. The van der Waals surface area contributed by atoms with Crippen LogP contribution in [0.15, 0.2) is 48.5 Å². The Kier molecular flexibility index (Phi) is 4.42. The van der Waals surface area contributed by atoms with Crippen molar-refractivity contribution < 1.29 is 4.74 Å². The van der Waals surface area contributed by atoms with Crippen LogP contribution < -0.4 is 10.1 Å². The van der Waals surface area contributed by atoms with Gasteiger partial charge in [-0.3, -0.25) is 9.47 Å². The summed E-state index contributed by atoms with van der Waals surface area (Å²) in [6.45, 7) is 6.24. The van der Waals surface area contributed by atoms with Gasteiger partial charge in [-0.25, -0.2) is 4.98 Å². The predicted molar refractivity (Wildman–Crippen MR) is 100 cm³/mol. The maximum atomic E-state index is 5.30. The number of piperazine rings is 1. The Hall–Kier alpha value is -2.37. The molecule has 2 heterocycles. The monoisotopic (exact) mass is 336 g/mol. The molecule has 1 saturated heterocycles. The van der Waals surface area contributed by atoms with Crippen molar-refractivity contribution in [2.45, 2.75) is 19.5 Å². The second-order valence-electron chi connectivity index (χ2n) is 6.57. The topological polar surface area (TPSA) is 42.3 Å². The van der Waals surface area contributed by atoms with E-state index in [9.17, 15) is 0 Å². The Morgan fingerprint density at radius 2 is 1.96 bits per heavy atom. The quantitative estimate of drug-likeness (QED) is 0.795. The van der Waals surface area contributed by atoms with Crippen molar-refractivity contribution in [1.82, 2.24) is 19.8 Å². The van der Waals surface area contributed by atoms with E-state index in [1.165, 1.54) is 0 Å². The third-order valence-corrected chi connectivity index (χ3v) is 4.94. The second kappa shape index (κ2) is 6.86. The number of aromatic nitrogens is 2. The fourth-order valence-electron chi connectivity index (χ4n) is 3.50. The second-order valence-corrected chi connectivity index (χ2v) is 6.57. The summed E-state index contributed by atoms with van der Waals surface area (Å²) in [5.41, 5.74) is 3.30. The van der Waals surface area contributed by atoms with Gasteiger partial charge in [0.05, 0.1) is 24.7 Å². The molecule has 1 aromatic heterocycles. The minimum atomic E-state index is 0.512. The van der Waals surface area contributed by atoms with Crippen molar-refractivity contribution in [3.05, 3.63) is 54.4 Å². The first kappa shape index (κ1) is 16.1. The van der Waals surface area contributed by atoms with Crippen LogP contribution in [-0.4, -0.2) is 47.2 Å². The maximum absolute atomic E-state index is 5.30. The summed E-state index contributed by atoms with van der Waals surface area (Å²) < 4.78 is 7.57. The smallest absolute Gasteiger partial charge is 0.128 e. The van der Waals surface area contributed by atoms with E-state index in [0.717, 1.165) is 54.5 Å². The number of hydrogen-bond acceptors (Lipinski definition) is 4. The molecule has 1 N–H and O–H groups in total. The van der Waals surface area contributed by atoms with Crippen LogP contribution in [0.5, 0.6) is 5.75 Å². The predicted octanol–water partition coefficient (Wildman–Crippen LogP) is 2.83. The number of imidazole rings is 1. The highest BCUT2D eigenvalue weighted by Crippen LogP contribution is 2.24. The van der Waals surface area contributed by atoms with Crippen molar-refractivity contribution in [3.8, 4) is 11.4 Å². The number of benzene rings is 2. The zero-order valence-electron chi connectivity index (χ0n) is 14.8. The molecule has 1 aliphatic rings. The van der Waals surface area contributed by atoms with Crippen molar-refractivity contribution in [2.24, 2.45) is 0 Å². The van der Waals surface area contributed by atoms with E-state index >= 15 is 0 Å². The number of para-hydroxylation sites is 2. The van der Waals surface area contributed by atoms with Crippen LogP contribution in [0.3, 0.4) is 0 Å². The molecule has 25 heavy (non-hydrogen) atoms. The first-order chi connectivity index (χ1) is 12.3. The van der Waals surface area contributed by atoms with Crippen molar-refractivity contribution in [3.63, 3.8) is 0 Å². The van der Waals surface area contributed by atoms with Gasteiger partial charge in [-0.2, -0.15) is 0 Å². The summed E-state index contributed by atoms with van der Waals surface area (Å²) in [5, 5.41) is 3.45. The number of methoxy groups -OCH3 is 1. The van der Waals surface area contributed by atoms with E-state index in [0.29, 0.717) is 6.04 Å². The zero-order valence-corrected chi connectivity index (χ0v) is 14.8. The van der Waals surface area contributed by atoms with Gasteiger partial charge in [0.15, 0.2) is 0 Å². The lowest BCUT2D eigenvalue weighted by atomic mass is 10.2. The van der Waals surface area contributed by atoms with Crippen LogP contribution >= 0.6 is 0 Å². The van der Waals surface area contributed by atoms with E-state index < -0.39 is 0 Å². The van der Waals surface area contributed by atoms with Crippen LogP contribution in [0, 0.1) is 0 Å². The van der Waals surface area contributed by atoms with Gasteiger partial charge in [-0.05, 0) is 43.3 Å². The number of ether oxygens (including phenoxy) is 1. The normalized spacial score (nSPS) is 18.6. The van der Waals surface area contributed by atoms with Gasteiger partial charge < -0.3 is 10.1 Å². The van der Waals surface area contributed by atoms with Gasteiger partial charge in [0.2, 0.25) is 0 Å². The molecular formula is C20H24N4O. The Morgan fingerprint density at radius 1 is 1.16 bits per heavy atom. The summed E-state index contributed by atoms with van der Waals surface area (Å²) in [6, 6.07) is 17.0. The zero-order chi connectivity index (χ0) is 17.2. The average molecular weight is 336 g/mol. The molecular weight excluding hydrogens is 312 g/mol. The first-order valence-corrected chi connectivity index (χ1v) is 8.82. The van der Waals surface area contributed by atoms with Crippen LogP contribution in [0.25, 0.3) is 16.7 Å². The lowest BCUT2D eigenvalue weighted by Gasteiger charge is -2.33. The number of nitrogens with zero attached hydrogens (tertiary/aromatic N) is 3. The summed E-state index contributed by atoms with van der Waals surface area (Å²) >= 11 is 0. The van der Waals surface area contributed by atoms with Gasteiger partial charge in [0.1, 0.15) is 11.6 Å². The minimum absolute atomic E-state index is 0.512. The minimum Gasteiger partial charge on any atom is -0.497 e. The molecule has 0 radical (unpaired) electrons. The molecule has 130 valence electrons. The Bertz CT molecular complexity index is 856. The summed E-state index contributed by atoms with van der Waals surface area (Å²) in [7, 11) is 1.69. The summed E-state index contributed by atoms with van der Waals surface area (Å²) in [6.07, 6.45) is 0. The van der Waals surface area contributed by atoms with Crippen molar-refractivity contribution >= 4 is 11.0 Å². The highest BCUT2D eigenvalue weighted by atomic mass is 16.5. The molecule has 1 atom stereocenters. The van der Waals surface area contributed by atoms with Gasteiger partial charge in [0, 0.05) is 31.4 Å². The highest BCUT2D eigenvalue weighted by Gasteiger charge is 2.21. The fourth-order valence-corrected chi connectivity index (χ4v) is 3.50. The molecule has 0 saturated carbocycles. The van der Waals surface area contributed by atoms with Crippen molar-refractivity contribution in [1.29, 1.82) is 0 Å². The number of rotatable bonds is 4. The molecule has 1 fully saturated rings. The SMILES string of the molecule is COc1ccc(-n2c(CN3CCNC[C@H]3C)nc3ccccc32)cc1. The van der Waals surface area contributed by atoms with E-state index in [2.05, 4.69) is 52.0 Å². The largest absolute Gasteiger partial charge is 0.497 e. The highest BCUT2D eigenvalue weighted by molar-refractivity contribution is 5.78. The molecule has 0 unspecified atom stereocenters. The third kappa shape index (κ3) is 3.13. The average Bonchev–Trinajstić information content (AvgIpc) is 3.01. The number of hydrogen-bond donors (Lipinski definition) is 1. The number of fused-ring (bicyclic) bond motifs is 1. The molecule has 5 heteroatoms. The van der Waals surface area contributed by atoms with E-state index in [1.807, 2.05) is 18.2 Å². The molecule has 2 aromatic carbocycles. The van der Waals surface area contributed by atoms with Crippen LogP contribution in [0.2, 0.25) is 0 Å². The van der Waals surface area contributed by atoms with Gasteiger partial charge in [0.25, 0.3) is 0 Å². The van der Waals surface area contributed by atoms with E-state index in [-0.39, 0.29) is 0 Å². The molecule has 0 amide bonds. The first-order valence-electron chi connectivity index (χ1n) is 8.82. The molecule has 5 nitrogen and oxygen atoms in total. The molecule has 1 aliphatic heterocycles. The van der Waals surface area contributed by atoms with Gasteiger partial charge in [-0.15, -0.1) is 0 Å². The molecule has 0 spiro atoms. The van der Waals surface area contributed by atoms with Crippen LogP contribution in [0.4, 0.5) is 0 Å². The molecule has 3 aromatic rings. The Balaban J connectivity index is 1.77. The maximum Gasteiger partial charge on any atom is 0.128 e.